The second-order valence-corrected chi connectivity index (χ2v) is 6.84. The summed E-state index contributed by atoms with van der Waals surface area (Å²) in [5.74, 6) is 0.919. The van der Waals surface area contributed by atoms with Crippen molar-refractivity contribution in [1.82, 2.24) is 20.4 Å². The second-order valence-electron chi connectivity index (χ2n) is 6.84. The zero-order valence-electron chi connectivity index (χ0n) is 15.7. The molecule has 0 spiro atoms. The third-order valence-electron chi connectivity index (χ3n) is 4.87. The number of halogens is 1. The van der Waals surface area contributed by atoms with E-state index >= 15 is 0 Å². The molecule has 0 bridgehead atoms. The van der Waals surface area contributed by atoms with Gasteiger partial charge in [-0.15, -0.1) is 24.0 Å². The largest absolute Gasteiger partial charge is 0.357 e. The average Bonchev–Trinajstić information content (AvgIpc) is 3.22. The molecule has 5 nitrogen and oxygen atoms in total. The van der Waals surface area contributed by atoms with Gasteiger partial charge >= 0.3 is 0 Å². The number of hydrogen-bond acceptors (Lipinski definition) is 2. The molecule has 1 aromatic heterocycles. The maximum atomic E-state index is 4.87. The molecule has 1 aromatic carbocycles. The van der Waals surface area contributed by atoms with Gasteiger partial charge in [0.15, 0.2) is 5.96 Å². The summed E-state index contributed by atoms with van der Waals surface area (Å²) in [6, 6.07) is 10.7. The van der Waals surface area contributed by atoms with Crippen LogP contribution in [0.15, 0.2) is 47.7 Å². The van der Waals surface area contributed by atoms with Gasteiger partial charge in [-0.05, 0) is 50.3 Å². The number of aryl methyl sites for hydroxylation is 2. The number of aromatic nitrogens is 2. The molecule has 1 aliphatic rings. The van der Waals surface area contributed by atoms with Crippen LogP contribution >= 0.6 is 24.0 Å². The summed E-state index contributed by atoms with van der Waals surface area (Å²) in [5.41, 5.74) is 3.10. The third-order valence-corrected chi connectivity index (χ3v) is 4.87. The van der Waals surface area contributed by atoms with Crippen LogP contribution in [-0.2, 0) is 12.0 Å². The number of aliphatic imine (C=N–C) groups is 1. The fourth-order valence-electron chi connectivity index (χ4n) is 3.28. The van der Waals surface area contributed by atoms with Crippen molar-refractivity contribution < 1.29 is 0 Å². The number of hydrogen-bond donors (Lipinski definition) is 2. The van der Waals surface area contributed by atoms with Gasteiger partial charge in [-0.25, -0.2) is 0 Å². The Morgan fingerprint density at radius 3 is 2.69 bits per heavy atom. The lowest BCUT2D eigenvalue weighted by Crippen LogP contribution is -2.38. The summed E-state index contributed by atoms with van der Waals surface area (Å²) < 4.78 is 1.96. The van der Waals surface area contributed by atoms with Gasteiger partial charge in [0, 0.05) is 37.4 Å². The molecule has 26 heavy (non-hydrogen) atoms. The van der Waals surface area contributed by atoms with Crippen molar-refractivity contribution in [2.45, 2.75) is 45.1 Å². The average molecular weight is 467 g/mol. The lowest BCUT2D eigenvalue weighted by atomic mass is 9.92. The highest BCUT2D eigenvalue weighted by molar-refractivity contribution is 14.0. The van der Waals surface area contributed by atoms with Crippen LogP contribution in [-0.4, -0.2) is 35.4 Å². The van der Waals surface area contributed by atoms with Crippen LogP contribution in [0.25, 0.3) is 0 Å². The molecule has 3 rings (SSSR count). The summed E-state index contributed by atoms with van der Waals surface area (Å²) in [6.45, 7) is 7.86. The lowest BCUT2D eigenvalue weighted by molar-refractivity contribution is 0.569. The van der Waals surface area contributed by atoms with E-state index in [1.807, 2.05) is 23.1 Å². The van der Waals surface area contributed by atoms with E-state index in [4.69, 9.17) is 4.99 Å². The van der Waals surface area contributed by atoms with Gasteiger partial charge in [-0.1, -0.05) is 24.3 Å². The van der Waals surface area contributed by atoms with Crippen LogP contribution in [0.3, 0.4) is 0 Å². The fraction of sp³-hybridized carbons (Fsp3) is 0.500. The fourth-order valence-corrected chi connectivity index (χ4v) is 3.28. The first-order valence-corrected chi connectivity index (χ1v) is 9.29. The molecule has 2 N–H and O–H groups in total. The van der Waals surface area contributed by atoms with E-state index in [-0.39, 0.29) is 29.4 Å². The van der Waals surface area contributed by atoms with Crippen LogP contribution in [0, 0.1) is 6.92 Å². The summed E-state index contributed by atoms with van der Waals surface area (Å²) in [4.78, 5) is 4.87. The van der Waals surface area contributed by atoms with Gasteiger partial charge in [0.05, 0.1) is 6.54 Å². The molecule has 1 heterocycles. The quantitative estimate of drug-likeness (QED) is 0.271. The Labute approximate surface area is 173 Å². The highest BCUT2D eigenvalue weighted by atomic mass is 127. The number of nitrogens with zero attached hydrogens (tertiary/aromatic N) is 3. The monoisotopic (exact) mass is 467 g/mol. The molecule has 2 aromatic rings. The maximum Gasteiger partial charge on any atom is 0.191 e. The number of benzene rings is 1. The Morgan fingerprint density at radius 2 is 2.04 bits per heavy atom. The minimum atomic E-state index is 0. The van der Waals surface area contributed by atoms with E-state index in [2.05, 4.69) is 53.8 Å². The predicted octanol–water partition coefficient (Wildman–Crippen LogP) is 3.49. The van der Waals surface area contributed by atoms with Crippen molar-refractivity contribution in [3.8, 4) is 0 Å². The zero-order chi connectivity index (χ0) is 17.5. The highest BCUT2D eigenvalue weighted by Gasteiger charge is 2.44. The molecule has 1 fully saturated rings. The van der Waals surface area contributed by atoms with Gasteiger partial charge < -0.3 is 10.6 Å². The van der Waals surface area contributed by atoms with Crippen molar-refractivity contribution >= 4 is 29.9 Å². The number of nitrogens with one attached hydrogen (secondary N) is 2. The molecule has 1 aliphatic carbocycles. The Morgan fingerprint density at radius 1 is 1.23 bits per heavy atom. The summed E-state index contributed by atoms with van der Waals surface area (Å²) >= 11 is 0. The van der Waals surface area contributed by atoms with Crippen LogP contribution in [0.1, 0.15) is 37.3 Å². The smallest absolute Gasteiger partial charge is 0.191 e. The molecule has 0 saturated heterocycles. The van der Waals surface area contributed by atoms with Crippen molar-refractivity contribution in [2.24, 2.45) is 4.99 Å². The first kappa shape index (κ1) is 20.7. The third kappa shape index (κ3) is 5.46. The molecule has 0 radical (unpaired) electrons. The van der Waals surface area contributed by atoms with Gasteiger partial charge in [0.1, 0.15) is 0 Å². The van der Waals surface area contributed by atoms with Crippen LogP contribution < -0.4 is 10.6 Å². The molecule has 0 unspecified atom stereocenters. The topological polar surface area (TPSA) is 54.2 Å². The van der Waals surface area contributed by atoms with Crippen molar-refractivity contribution in [3.05, 3.63) is 53.9 Å². The summed E-state index contributed by atoms with van der Waals surface area (Å²) in [5, 5.41) is 11.0. The lowest BCUT2D eigenvalue weighted by Gasteiger charge is -2.18. The van der Waals surface area contributed by atoms with Crippen molar-refractivity contribution in [1.29, 1.82) is 0 Å². The minimum Gasteiger partial charge on any atom is -0.357 e. The molecule has 0 atom stereocenters. The number of guanidine groups is 1. The molecule has 6 heteroatoms. The van der Waals surface area contributed by atoms with E-state index in [0.29, 0.717) is 0 Å². The molecule has 0 aliphatic heterocycles. The molecule has 1 saturated carbocycles. The first-order chi connectivity index (χ1) is 12.2. The summed E-state index contributed by atoms with van der Waals surface area (Å²) in [7, 11) is 0. The Kier molecular flexibility index (Phi) is 7.93. The van der Waals surface area contributed by atoms with Gasteiger partial charge in [-0.2, -0.15) is 5.10 Å². The molecular weight excluding hydrogens is 437 g/mol. The van der Waals surface area contributed by atoms with E-state index < -0.39 is 0 Å². The van der Waals surface area contributed by atoms with E-state index in [1.54, 1.807) is 0 Å². The minimum absolute atomic E-state index is 0. The van der Waals surface area contributed by atoms with Crippen LogP contribution in [0.2, 0.25) is 0 Å². The Bertz CT molecular complexity index is 692. The SMILES string of the molecule is CCNC(=NCC1(c2ccccc2C)CC1)NCCCn1cccn1.I. The van der Waals surface area contributed by atoms with Crippen molar-refractivity contribution in [2.75, 3.05) is 19.6 Å². The standard InChI is InChI=1S/C20H29N5.HI/c1-3-21-19(22-12-6-14-25-15-7-13-24-25)23-16-20(10-11-20)18-9-5-4-8-17(18)2;/h4-5,7-9,13,15H,3,6,10-12,14,16H2,1-2H3,(H2,21,22,23);1H. The highest BCUT2D eigenvalue weighted by Crippen LogP contribution is 2.49. The zero-order valence-corrected chi connectivity index (χ0v) is 18.1. The van der Waals surface area contributed by atoms with Gasteiger partial charge in [0.2, 0.25) is 0 Å². The van der Waals surface area contributed by atoms with E-state index in [1.165, 1.54) is 24.0 Å². The van der Waals surface area contributed by atoms with Gasteiger partial charge in [0.25, 0.3) is 0 Å². The molecule has 0 amide bonds. The van der Waals surface area contributed by atoms with E-state index in [0.717, 1.165) is 38.6 Å². The second kappa shape index (κ2) is 9.94. The van der Waals surface area contributed by atoms with E-state index in [9.17, 15) is 0 Å². The normalized spacial score (nSPS) is 15.2. The van der Waals surface area contributed by atoms with Crippen LogP contribution in [0.4, 0.5) is 0 Å². The first-order valence-electron chi connectivity index (χ1n) is 9.29. The number of rotatable bonds is 8. The molecular formula is C20H30IN5. The Balaban J connectivity index is 0.00000243. The van der Waals surface area contributed by atoms with Crippen LogP contribution in [0.5, 0.6) is 0 Å². The summed E-state index contributed by atoms with van der Waals surface area (Å²) in [6.07, 6.45) is 7.31. The predicted molar refractivity (Wildman–Crippen MR) is 118 cm³/mol. The Hall–Kier alpha value is -1.57. The van der Waals surface area contributed by atoms with Crippen molar-refractivity contribution in [3.63, 3.8) is 0 Å². The molecule has 142 valence electrons. The maximum absolute atomic E-state index is 4.87. The van der Waals surface area contributed by atoms with Gasteiger partial charge in [-0.3, -0.25) is 9.67 Å².